The summed E-state index contributed by atoms with van der Waals surface area (Å²) in [7, 11) is -6.95. The number of hydrogen-bond donors (Lipinski definition) is 2. The van der Waals surface area contributed by atoms with Crippen LogP contribution in [0.2, 0.25) is 0 Å². The second kappa shape index (κ2) is 7.55. The summed E-state index contributed by atoms with van der Waals surface area (Å²) >= 11 is 0. The van der Waals surface area contributed by atoms with Crippen LogP contribution in [0.5, 0.6) is 6.01 Å². The first-order valence-electron chi connectivity index (χ1n) is 8.57. The number of nitrogens with zero attached hydrogens (tertiary/aromatic N) is 3. The van der Waals surface area contributed by atoms with Crippen molar-refractivity contribution in [1.29, 1.82) is 0 Å². The molecule has 0 radical (unpaired) electrons. The SMILES string of the molecule is CCc1nc(NC(=O)NS(=O)(=O)c2cccc3c2S(=O)(=O)C(C)C3)nc(OC)n1. The molecule has 0 saturated heterocycles. The Morgan fingerprint density at radius 2 is 2.00 bits per heavy atom. The van der Waals surface area contributed by atoms with Crippen LogP contribution in [0.4, 0.5) is 10.7 Å². The van der Waals surface area contributed by atoms with Crippen molar-refractivity contribution < 1.29 is 26.4 Å². The first kappa shape index (κ1) is 20.9. The molecule has 1 unspecified atom stereocenters. The number of sulfonamides is 1. The van der Waals surface area contributed by atoms with Gasteiger partial charge in [-0.15, -0.1) is 0 Å². The number of benzene rings is 1. The minimum atomic E-state index is -4.47. The van der Waals surface area contributed by atoms with Gasteiger partial charge in [0.1, 0.15) is 10.7 Å². The molecule has 13 heteroatoms. The fourth-order valence-corrected chi connectivity index (χ4v) is 6.27. The molecule has 2 heterocycles. The highest BCUT2D eigenvalue weighted by Crippen LogP contribution is 2.35. The maximum atomic E-state index is 12.7. The van der Waals surface area contributed by atoms with Gasteiger partial charge in [0.15, 0.2) is 9.84 Å². The number of methoxy groups -OCH3 is 1. The second-order valence-corrected chi connectivity index (χ2v) is 10.2. The standard InChI is InChI=1S/C16H19N5O6S2/c1-4-12-17-14(20-16(18-12)27-3)19-15(22)21-29(25,26)11-7-5-6-10-8-9(2)28(23,24)13(10)11/h5-7,9H,4,8H2,1-3H3,(H2,17,18,19,20,21,22). The summed E-state index contributed by atoms with van der Waals surface area (Å²) in [5, 5.41) is 1.45. The number of rotatable bonds is 5. The van der Waals surface area contributed by atoms with Gasteiger partial charge in [-0.1, -0.05) is 19.1 Å². The Morgan fingerprint density at radius 1 is 1.28 bits per heavy atom. The zero-order valence-corrected chi connectivity index (χ0v) is 17.5. The number of nitrogens with one attached hydrogen (secondary N) is 2. The maximum Gasteiger partial charge on any atom is 0.335 e. The van der Waals surface area contributed by atoms with Gasteiger partial charge in [0.25, 0.3) is 10.0 Å². The van der Waals surface area contributed by atoms with Gasteiger partial charge in [-0.05, 0) is 25.0 Å². The van der Waals surface area contributed by atoms with Crippen molar-refractivity contribution in [3.05, 3.63) is 29.6 Å². The summed E-state index contributed by atoms with van der Waals surface area (Å²) in [6.45, 7) is 3.28. The minimum absolute atomic E-state index is 0.0454. The molecule has 11 nitrogen and oxygen atoms in total. The van der Waals surface area contributed by atoms with E-state index in [1.807, 2.05) is 0 Å². The molecule has 156 valence electrons. The number of urea groups is 1. The summed E-state index contributed by atoms with van der Waals surface area (Å²) in [5.74, 6) is 0.122. The molecule has 2 aromatic rings. The summed E-state index contributed by atoms with van der Waals surface area (Å²) in [5.41, 5.74) is 0.399. The molecule has 3 rings (SSSR count). The van der Waals surface area contributed by atoms with Crippen molar-refractivity contribution in [2.75, 3.05) is 12.4 Å². The molecule has 1 aliphatic heterocycles. The average molecular weight is 441 g/mol. The van der Waals surface area contributed by atoms with Crippen molar-refractivity contribution in [3.8, 4) is 6.01 Å². The van der Waals surface area contributed by atoms with Crippen molar-refractivity contribution in [1.82, 2.24) is 19.7 Å². The third kappa shape index (κ3) is 4.00. The first-order chi connectivity index (χ1) is 13.6. The number of ether oxygens (including phenoxy) is 1. The van der Waals surface area contributed by atoms with Crippen LogP contribution in [0.3, 0.4) is 0 Å². The number of carbonyl (C=O) groups excluding carboxylic acids is 1. The number of sulfone groups is 1. The van der Waals surface area contributed by atoms with E-state index in [9.17, 15) is 21.6 Å². The van der Waals surface area contributed by atoms with Gasteiger partial charge in [0.2, 0.25) is 5.95 Å². The molecule has 0 saturated carbocycles. The Balaban J connectivity index is 1.89. The van der Waals surface area contributed by atoms with Gasteiger partial charge in [-0.3, -0.25) is 5.32 Å². The van der Waals surface area contributed by atoms with E-state index in [0.717, 1.165) is 6.07 Å². The Morgan fingerprint density at radius 3 is 2.66 bits per heavy atom. The zero-order chi connectivity index (χ0) is 21.4. The van der Waals surface area contributed by atoms with E-state index >= 15 is 0 Å². The minimum Gasteiger partial charge on any atom is -0.467 e. The summed E-state index contributed by atoms with van der Waals surface area (Å²) in [4.78, 5) is 23.2. The number of amides is 2. The molecule has 1 aliphatic rings. The lowest BCUT2D eigenvalue weighted by atomic mass is 10.1. The molecule has 0 spiro atoms. The van der Waals surface area contributed by atoms with Crippen LogP contribution in [-0.4, -0.2) is 50.2 Å². The number of fused-ring (bicyclic) bond motifs is 1. The van der Waals surface area contributed by atoms with Gasteiger partial charge in [-0.2, -0.15) is 15.0 Å². The summed E-state index contributed by atoms with van der Waals surface area (Å²) in [6, 6.07) is 2.94. The van der Waals surface area contributed by atoms with Gasteiger partial charge < -0.3 is 4.74 Å². The van der Waals surface area contributed by atoms with Crippen LogP contribution >= 0.6 is 0 Å². The number of hydrogen-bond acceptors (Lipinski definition) is 9. The molecular weight excluding hydrogens is 422 g/mol. The van der Waals surface area contributed by atoms with E-state index in [0.29, 0.717) is 17.8 Å². The van der Waals surface area contributed by atoms with Gasteiger partial charge in [-0.25, -0.2) is 26.4 Å². The lowest BCUT2D eigenvalue weighted by Gasteiger charge is -2.12. The molecular formula is C16H19N5O6S2. The van der Waals surface area contributed by atoms with Gasteiger partial charge in [0.05, 0.1) is 17.3 Å². The number of anilines is 1. The maximum absolute atomic E-state index is 12.7. The molecule has 0 bridgehead atoms. The number of carbonyl (C=O) groups is 1. The van der Waals surface area contributed by atoms with E-state index in [-0.39, 0.29) is 23.3 Å². The Bertz CT molecular complexity index is 1160. The second-order valence-electron chi connectivity index (χ2n) is 6.28. The van der Waals surface area contributed by atoms with Crippen LogP contribution in [0.25, 0.3) is 0 Å². The highest BCUT2D eigenvalue weighted by Gasteiger charge is 2.39. The van der Waals surface area contributed by atoms with E-state index in [4.69, 9.17) is 4.74 Å². The molecule has 0 fully saturated rings. The van der Waals surface area contributed by atoms with Gasteiger partial charge in [0, 0.05) is 6.42 Å². The predicted octanol–water partition coefficient (Wildman–Crippen LogP) is 0.671. The number of aryl methyl sites for hydroxylation is 1. The number of aromatic nitrogens is 3. The zero-order valence-electron chi connectivity index (χ0n) is 15.8. The molecule has 0 aliphatic carbocycles. The van der Waals surface area contributed by atoms with E-state index in [1.54, 1.807) is 17.7 Å². The van der Waals surface area contributed by atoms with Crippen LogP contribution in [0.1, 0.15) is 25.2 Å². The summed E-state index contributed by atoms with van der Waals surface area (Å²) < 4.78 is 57.2. The van der Waals surface area contributed by atoms with Crippen molar-refractivity contribution in [3.63, 3.8) is 0 Å². The highest BCUT2D eigenvalue weighted by atomic mass is 32.2. The molecule has 1 aromatic heterocycles. The fourth-order valence-electron chi connectivity index (χ4n) is 2.88. The largest absolute Gasteiger partial charge is 0.467 e. The third-order valence-corrected chi connectivity index (χ3v) is 8.06. The third-order valence-electron chi connectivity index (χ3n) is 4.28. The van der Waals surface area contributed by atoms with Crippen molar-refractivity contribution in [2.45, 2.75) is 41.7 Å². The Labute approximate surface area is 167 Å². The van der Waals surface area contributed by atoms with Crippen LogP contribution in [0.15, 0.2) is 28.0 Å². The molecule has 1 atom stereocenters. The topological polar surface area (TPSA) is 157 Å². The highest BCUT2D eigenvalue weighted by molar-refractivity contribution is 7.94. The van der Waals surface area contributed by atoms with Crippen LogP contribution < -0.4 is 14.8 Å². The quantitative estimate of drug-likeness (QED) is 0.680. The first-order valence-corrected chi connectivity index (χ1v) is 11.6. The van der Waals surface area contributed by atoms with E-state index < -0.39 is 36.0 Å². The average Bonchev–Trinajstić information content (AvgIpc) is 2.89. The van der Waals surface area contributed by atoms with Crippen LogP contribution in [0, 0.1) is 0 Å². The van der Waals surface area contributed by atoms with Gasteiger partial charge >= 0.3 is 12.0 Å². The molecule has 29 heavy (non-hydrogen) atoms. The fraction of sp³-hybridized carbons (Fsp3) is 0.375. The Hall–Kier alpha value is -2.80. The lowest BCUT2D eigenvalue weighted by Crippen LogP contribution is -2.35. The normalized spacial score (nSPS) is 17.4. The van der Waals surface area contributed by atoms with E-state index in [2.05, 4.69) is 20.3 Å². The molecule has 2 amide bonds. The molecule has 1 aromatic carbocycles. The summed E-state index contributed by atoms with van der Waals surface area (Å²) in [6.07, 6.45) is 0.636. The lowest BCUT2D eigenvalue weighted by molar-refractivity contribution is 0.256. The predicted molar refractivity (Wildman–Crippen MR) is 102 cm³/mol. The smallest absolute Gasteiger partial charge is 0.335 e. The molecule has 2 N–H and O–H groups in total. The monoisotopic (exact) mass is 441 g/mol. The van der Waals surface area contributed by atoms with Crippen molar-refractivity contribution in [2.24, 2.45) is 0 Å². The van der Waals surface area contributed by atoms with E-state index in [1.165, 1.54) is 20.1 Å². The Kier molecular flexibility index (Phi) is 5.45. The van der Waals surface area contributed by atoms with Crippen molar-refractivity contribution >= 4 is 31.8 Å². The van der Waals surface area contributed by atoms with Crippen LogP contribution in [-0.2, 0) is 32.7 Å².